The first kappa shape index (κ1) is 19.8. The lowest BCUT2D eigenvalue weighted by Crippen LogP contribution is -2.10. The van der Waals surface area contributed by atoms with Crippen LogP contribution < -0.4 is 0 Å². The molecule has 0 saturated carbocycles. The van der Waals surface area contributed by atoms with Crippen molar-refractivity contribution >= 4 is 33.3 Å². The minimum atomic E-state index is 0.856. The third kappa shape index (κ3) is 3.61. The molecule has 0 bridgehead atoms. The Morgan fingerprint density at radius 3 is 2.76 bits per heavy atom. The lowest BCUT2D eigenvalue weighted by atomic mass is 10.0. The predicted octanol–water partition coefficient (Wildman–Crippen LogP) is 5.96. The molecular formula is C26H22N6S. The van der Waals surface area contributed by atoms with Crippen LogP contribution in [0, 0.1) is 0 Å². The van der Waals surface area contributed by atoms with Gasteiger partial charge < -0.3 is 9.88 Å². The quantitative estimate of drug-likeness (QED) is 0.340. The Bertz CT molecular complexity index is 1580. The highest BCUT2D eigenvalue weighted by Crippen LogP contribution is 2.35. The SMILES string of the molecule is CN(C)Cc1cncc(-c2ccc3[nH]nc(-c4cc5c(-c6cccs6)ccnc5[nH]4)c3c2)c1. The van der Waals surface area contributed by atoms with Crippen molar-refractivity contribution in [1.29, 1.82) is 0 Å². The average Bonchev–Trinajstić information content (AvgIpc) is 3.57. The van der Waals surface area contributed by atoms with Crippen molar-refractivity contribution in [2.24, 2.45) is 0 Å². The van der Waals surface area contributed by atoms with Crippen LogP contribution in [-0.4, -0.2) is 44.1 Å². The predicted molar refractivity (Wildman–Crippen MR) is 135 cm³/mol. The molecule has 0 aliphatic heterocycles. The largest absolute Gasteiger partial charge is 0.338 e. The van der Waals surface area contributed by atoms with Crippen LogP contribution in [0.1, 0.15) is 5.56 Å². The van der Waals surface area contributed by atoms with Crippen molar-refractivity contribution in [3.63, 3.8) is 0 Å². The second-order valence-electron chi connectivity index (χ2n) is 8.43. The molecule has 0 amide bonds. The molecule has 0 aliphatic rings. The summed E-state index contributed by atoms with van der Waals surface area (Å²) in [6, 6.07) is 17.0. The molecule has 6 nitrogen and oxygen atoms in total. The number of fused-ring (bicyclic) bond motifs is 2. The van der Waals surface area contributed by atoms with Crippen LogP contribution >= 0.6 is 11.3 Å². The molecule has 5 heterocycles. The minimum Gasteiger partial charge on any atom is -0.338 e. The number of pyridine rings is 2. The van der Waals surface area contributed by atoms with Crippen molar-refractivity contribution in [3.8, 4) is 33.0 Å². The van der Waals surface area contributed by atoms with Crippen LogP contribution in [0.5, 0.6) is 0 Å². The molecule has 2 N–H and O–H groups in total. The molecule has 6 aromatic rings. The first-order valence-electron chi connectivity index (χ1n) is 10.7. The molecule has 1 aromatic carbocycles. The fourth-order valence-corrected chi connectivity index (χ4v) is 5.06. The number of H-pyrrole nitrogens is 2. The monoisotopic (exact) mass is 450 g/mol. The van der Waals surface area contributed by atoms with E-state index in [-0.39, 0.29) is 0 Å². The van der Waals surface area contributed by atoms with Crippen molar-refractivity contribution in [2.45, 2.75) is 6.54 Å². The lowest BCUT2D eigenvalue weighted by Gasteiger charge is -2.10. The van der Waals surface area contributed by atoms with E-state index in [4.69, 9.17) is 0 Å². The summed E-state index contributed by atoms with van der Waals surface area (Å²) in [6.45, 7) is 0.856. The van der Waals surface area contributed by atoms with Crippen LogP contribution in [0.4, 0.5) is 0 Å². The summed E-state index contributed by atoms with van der Waals surface area (Å²) in [5, 5.41) is 12.1. The van der Waals surface area contributed by atoms with E-state index in [1.807, 2.05) is 18.6 Å². The van der Waals surface area contributed by atoms with Gasteiger partial charge in [-0.15, -0.1) is 11.3 Å². The highest BCUT2D eigenvalue weighted by atomic mass is 32.1. The summed E-state index contributed by atoms with van der Waals surface area (Å²) in [5.41, 5.74) is 8.28. The number of rotatable bonds is 5. The Morgan fingerprint density at radius 1 is 0.970 bits per heavy atom. The van der Waals surface area contributed by atoms with Gasteiger partial charge in [-0.1, -0.05) is 12.1 Å². The van der Waals surface area contributed by atoms with Crippen molar-refractivity contribution < 1.29 is 0 Å². The summed E-state index contributed by atoms with van der Waals surface area (Å²) in [5.74, 6) is 0. The van der Waals surface area contributed by atoms with Crippen LogP contribution in [0.3, 0.4) is 0 Å². The number of benzene rings is 1. The Kier molecular flexibility index (Phi) is 4.78. The second kappa shape index (κ2) is 7.95. The molecule has 7 heteroatoms. The molecule has 0 atom stereocenters. The number of nitrogens with one attached hydrogen (secondary N) is 2. The molecule has 0 aliphatic carbocycles. The van der Waals surface area contributed by atoms with E-state index in [0.29, 0.717) is 0 Å². The van der Waals surface area contributed by atoms with E-state index < -0.39 is 0 Å². The van der Waals surface area contributed by atoms with E-state index in [1.54, 1.807) is 11.3 Å². The van der Waals surface area contributed by atoms with Crippen molar-refractivity contribution in [3.05, 3.63) is 78.1 Å². The summed E-state index contributed by atoms with van der Waals surface area (Å²) in [4.78, 5) is 15.9. The maximum absolute atomic E-state index is 4.64. The summed E-state index contributed by atoms with van der Waals surface area (Å²) < 4.78 is 0. The molecule has 6 rings (SSSR count). The van der Waals surface area contributed by atoms with Gasteiger partial charge in [-0.05, 0) is 67.0 Å². The topological polar surface area (TPSA) is 73.5 Å². The smallest absolute Gasteiger partial charge is 0.138 e. The highest BCUT2D eigenvalue weighted by Gasteiger charge is 2.15. The lowest BCUT2D eigenvalue weighted by molar-refractivity contribution is 0.402. The third-order valence-electron chi connectivity index (χ3n) is 5.76. The maximum atomic E-state index is 4.64. The Labute approximate surface area is 195 Å². The molecular weight excluding hydrogens is 428 g/mol. The van der Waals surface area contributed by atoms with Crippen LogP contribution in [0.2, 0.25) is 0 Å². The third-order valence-corrected chi connectivity index (χ3v) is 6.67. The minimum absolute atomic E-state index is 0.856. The van der Waals surface area contributed by atoms with E-state index in [0.717, 1.165) is 51.0 Å². The van der Waals surface area contributed by atoms with Crippen LogP contribution in [0.15, 0.2) is 72.5 Å². The number of aromatic nitrogens is 5. The van der Waals surface area contributed by atoms with Crippen molar-refractivity contribution in [1.82, 2.24) is 30.0 Å². The van der Waals surface area contributed by atoms with Crippen LogP contribution in [-0.2, 0) is 6.54 Å². The van der Waals surface area contributed by atoms with Gasteiger partial charge in [0.25, 0.3) is 0 Å². The second-order valence-corrected chi connectivity index (χ2v) is 9.38. The van der Waals surface area contributed by atoms with Gasteiger partial charge in [-0.3, -0.25) is 10.1 Å². The fourth-order valence-electron chi connectivity index (χ4n) is 4.30. The Balaban J connectivity index is 1.45. The van der Waals surface area contributed by atoms with Crippen molar-refractivity contribution in [2.75, 3.05) is 14.1 Å². The Hall–Kier alpha value is -3.81. The molecule has 0 radical (unpaired) electrons. The van der Waals surface area contributed by atoms with Gasteiger partial charge in [0.2, 0.25) is 0 Å². The summed E-state index contributed by atoms with van der Waals surface area (Å²) in [6.07, 6.45) is 5.69. The molecule has 0 saturated heterocycles. The molecule has 5 aromatic heterocycles. The van der Waals surface area contributed by atoms with Gasteiger partial charge in [0.1, 0.15) is 11.3 Å². The number of nitrogens with zero attached hydrogens (tertiary/aromatic N) is 4. The number of hydrogen-bond acceptors (Lipinski definition) is 5. The van der Waals surface area contributed by atoms with E-state index in [2.05, 4.69) is 98.1 Å². The number of aromatic amines is 2. The molecule has 0 spiro atoms. The van der Waals surface area contributed by atoms with Gasteiger partial charge >= 0.3 is 0 Å². The van der Waals surface area contributed by atoms with Gasteiger partial charge in [0.15, 0.2) is 0 Å². The zero-order chi connectivity index (χ0) is 22.4. The van der Waals surface area contributed by atoms with E-state index >= 15 is 0 Å². The standard InChI is InChI=1S/C26H22N6S/c1-32(2)15-16-10-18(14-27-13-16)17-5-6-22-21(11-17)25(31-30-22)23-12-20-19(24-4-3-9-33-24)7-8-28-26(20)29-23/h3-14H,15H2,1-2H3,(H,28,29)(H,30,31). The fraction of sp³-hybridized carbons (Fsp3) is 0.115. The zero-order valence-corrected chi connectivity index (χ0v) is 19.1. The van der Waals surface area contributed by atoms with Gasteiger partial charge in [0.05, 0.1) is 11.2 Å². The zero-order valence-electron chi connectivity index (χ0n) is 18.3. The average molecular weight is 451 g/mol. The van der Waals surface area contributed by atoms with Gasteiger partial charge in [-0.2, -0.15) is 5.10 Å². The maximum Gasteiger partial charge on any atom is 0.138 e. The Morgan fingerprint density at radius 2 is 1.91 bits per heavy atom. The number of hydrogen-bond donors (Lipinski definition) is 2. The first-order chi connectivity index (χ1) is 16.2. The molecule has 162 valence electrons. The summed E-state index contributed by atoms with van der Waals surface area (Å²) in [7, 11) is 4.13. The molecule has 0 fully saturated rings. The first-order valence-corrected chi connectivity index (χ1v) is 11.6. The van der Waals surface area contributed by atoms with Gasteiger partial charge in [-0.25, -0.2) is 4.98 Å². The summed E-state index contributed by atoms with van der Waals surface area (Å²) >= 11 is 1.73. The molecule has 33 heavy (non-hydrogen) atoms. The van der Waals surface area contributed by atoms with E-state index in [1.165, 1.54) is 16.0 Å². The number of thiophene rings is 1. The van der Waals surface area contributed by atoms with Crippen LogP contribution in [0.25, 0.3) is 54.9 Å². The van der Waals surface area contributed by atoms with Gasteiger partial charge in [0, 0.05) is 51.9 Å². The highest BCUT2D eigenvalue weighted by molar-refractivity contribution is 7.13. The van der Waals surface area contributed by atoms with E-state index in [9.17, 15) is 0 Å². The molecule has 0 unspecified atom stereocenters. The normalized spacial score (nSPS) is 11.7.